The highest BCUT2D eigenvalue weighted by molar-refractivity contribution is 7.12. The predicted molar refractivity (Wildman–Crippen MR) is 102 cm³/mol. The van der Waals surface area contributed by atoms with Crippen molar-refractivity contribution in [3.05, 3.63) is 51.2 Å². The lowest BCUT2D eigenvalue weighted by Crippen LogP contribution is -2.60. The molecule has 2 heterocycles. The third-order valence-corrected chi connectivity index (χ3v) is 5.81. The Morgan fingerprint density at radius 3 is 2.33 bits per heavy atom. The molecule has 0 radical (unpaired) electrons. The van der Waals surface area contributed by atoms with Gasteiger partial charge in [0.1, 0.15) is 30.2 Å². The van der Waals surface area contributed by atoms with E-state index in [1.165, 1.54) is 5.56 Å². The molecule has 148 valence electrons. The first-order valence-electron chi connectivity index (χ1n) is 9.07. The van der Waals surface area contributed by atoms with Crippen molar-refractivity contribution in [2.75, 3.05) is 6.61 Å². The molecule has 27 heavy (non-hydrogen) atoms. The third kappa shape index (κ3) is 4.51. The van der Waals surface area contributed by atoms with Crippen LogP contribution < -0.4 is 4.74 Å². The van der Waals surface area contributed by atoms with Gasteiger partial charge in [-0.05, 0) is 30.5 Å². The number of benzene rings is 1. The highest BCUT2D eigenvalue weighted by atomic mass is 32.1. The Morgan fingerprint density at radius 1 is 1.04 bits per heavy atom. The summed E-state index contributed by atoms with van der Waals surface area (Å²) in [6.07, 6.45) is -4.76. The summed E-state index contributed by atoms with van der Waals surface area (Å²) in [5.41, 5.74) is 2.42. The van der Waals surface area contributed by atoms with Crippen molar-refractivity contribution in [3.63, 3.8) is 0 Å². The second kappa shape index (κ2) is 8.68. The van der Waals surface area contributed by atoms with Gasteiger partial charge in [-0.15, -0.1) is 11.3 Å². The van der Waals surface area contributed by atoms with E-state index in [1.807, 2.05) is 13.0 Å². The molecule has 0 spiro atoms. The number of thiophene rings is 1. The molecule has 0 amide bonds. The van der Waals surface area contributed by atoms with Gasteiger partial charge in [0.15, 0.2) is 0 Å². The molecule has 5 atom stereocenters. The van der Waals surface area contributed by atoms with Crippen LogP contribution in [0.5, 0.6) is 5.75 Å². The fourth-order valence-electron chi connectivity index (χ4n) is 3.13. The maximum atomic E-state index is 10.2. The summed E-state index contributed by atoms with van der Waals surface area (Å²) < 4.78 is 11.3. The van der Waals surface area contributed by atoms with Crippen molar-refractivity contribution in [1.29, 1.82) is 0 Å². The summed E-state index contributed by atoms with van der Waals surface area (Å²) >= 11 is 1.59. The summed E-state index contributed by atoms with van der Waals surface area (Å²) in [5.74, 6) is 0.571. The number of aryl methyl sites for hydroxylation is 2. The van der Waals surface area contributed by atoms with Crippen LogP contribution >= 0.6 is 11.3 Å². The molecule has 1 aromatic heterocycles. The second-order valence-corrected chi connectivity index (χ2v) is 8.15. The van der Waals surface area contributed by atoms with Gasteiger partial charge in [-0.25, -0.2) is 0 Å². The van der Waals surface area contributed by atoms with Gasteiger partial charge in [0, 0.05) is 11.3 Å². The summed E-state index contributed by atoms with van der Waals surface area (Å²) in [6.45, 7) is 3.60. The first-order chi connectivity index (χ1) is 12.9. The minimum absolute atomic E-state index is 0.482. The van der Waals surface area contributed by atoms with Gasteiger partial charge in [-0.1, -0.05) is 31.2 Å². The number of hydrogen-bond acceptors (Lipinski definition) is 7. The molecule has 1 fully saturated rings. The minimum atomic E-state index is -1.45. The average molecular weight is 394 g/mol. The van der Waals surface area contributed by atoms with E-state index >= 15 is 0 Å². The third-order valence-electron chi connectivity index (χ3n) is 4.78. The zero-order valence-corrected chi connectivity index (χ0v) is 16.2. The van der Waals surface area contributed by atoms with Crippen molar-refractivity contribution in [1.82, 2.24) is 0 Å². The molecular formula is C20H26O6S. The lowest BCUT2D eigenvalue weighted by Gasteiger charge is -2.39. The van der Waals surface area contributed by atoms with Crippen LogP contribution in [0.3, 0.4) is 0 Å². The molecule has 2 aromatic rings. The minimum Gasteiger partial charge on any atom is -0.461 e. The Morgan fingerprint density at radius 2 is 1.70 bits per heavy atom. The summed E-state index contributed by atoms with van der Waals surface area (Å²) in [7, 11) is 0. The van der Waals surface area contributed by atoms with Crippen molar-refractivity contribution >= 4 is 11.3 Å². The van der Waals surface area contributed by atoms with Gasteiger partial charge in [0.05, 0.1) is 11.5 Å². The number of rotatable bonds is 6. The van der Waals surface area contributed by atoms with E-state index < -0.39 is 37.3 Å². The van der Waals surface area contributed by atoms with Gasteiger partial charge in [0.25, 0.3) is 0 Å². The lowest BCUT2D eigenvalue weighted by atomic mass is 9.99. The second-order valence-electron chi connectivity index (χ2n) is 6.81. The van der Waals surface area contributed by atoms with Crippen molar-refractivity contribution < 1.29 is 29.9 Å². The van der Waals surface area contributed by atoms with Gasteiger partial charge < -0.3 is 29.9 Å². The van der Waals surface area contributed by atoms with Crippen LogP contribution in [0.25, 0.3) is 0 Å². The van der Waals surface area contributed by atoms with E-state index in [1.54, 1.807) is 11.3 Å². The van der Waals surface area contributed by atoms with Gasteiger partial charge >= 0.3 is 0 Å². The van der Waals surface area contributed by atoms with E-state index in [-0.39, 0.29) is 0 Å². The first kappa shape index (κ1) is 20.3. The highest BCUT2D eigenvalue weighted by Gasteiger charge is 2.44. The van der Waals surface area contributed by atoms with Crippen molar-refractivity contribution in [2.45, 2.75) is 57.4 Å². The summed E-state index contributed by atoms with van der Waals surface area (Å²) in [5, 5.41) is 39.3. The van der Waals surface area contributed by atoms with Gasteiger partial charge in [0.2, 0.25) is 6.29 Å². The number of hydrogen-bond donors (Lipinski definition) is 4. The largest absolute Gasteiger partial charge is 0.461 e. The Labute approximate surface area is 162 Å². The molecule has 0 unspecified atom stereocenters. The lowest BCUT2D eigenvalue weighted by molar-refractivity contribution is -0.277. The molecule has 0 aliphatic carbocycles. The van der Waals surface area contributed by atoms with Crippen molar-refractivity contribution in [3.8, 4) is 5.75 Å². The standard InChI is InChI=1S/C20H26O6S/c1-3-12-4-6-13(7-5-12)9-16-14(8-11(2)27-16)25-20-19(24)18(23)17(22)15(10-21)26-20/h4-8,15,17-24H,3,9-10H2,1-2H3/t15-,17-,18+,19-,20-/m1/s1. The van der Waals surface area contributed by atoms with E-state index in [9.17, 15) is 20.4 Å². The molecule has 0 bridgehead atoms. The van der Waals surface area contributed by atoms with E-state index in [0.717, 1.165) is 21.7 Å². The van der Waals surface area contributed by atoms with Gasteiger partial charge in [-0.2, -0.15) is 0 Å². The van der Waals surface area contributed by atoms with Crippen LogP contribution in [0.4, 0.5) is 0 Å². The molecule has 7 heteroatoms. The Hall–Kier alpha value is -1.48. The molecule has 0 saturated carbocycles. The topological polar surface area (TPSA) is 99.4 Å². The van der Waals surface area contributed by atoms with E-state index in [4.69, 9.17) is 9.47 Å². The SMILES string of the molecule is CCc1ccc(Cc2sc(C)cc2O[C@@H]2O[C@H](CO)[C@@H](O)[C@H](O)[C@H]2O)cc1. The Bertz CT molecular complexity index is 741. The maximum Gasteiger partial charge on any atom is 0.229 e. The maximum absolute atomic E-state index is 10.2. The van der Waals surface area contributed by atoms with Crippen LogP contribution in [0.1, 0.15) is 27.8 Å². The molecule has 1 saturated heterocycles. The van der Waals surface area contributed by atoms with Crippen LogP contribution in [-0.2, 0) is 17.6 Å². The molecule has 1 aliphatic heterocycles. The van der Waals surface area contributed by atoms with Crippen LogP contribution in [-0.4, -0.2) is 57.7 Å². The van der Waals surface area contributed by atoms with Crippen LogP contribution in [0, 0.1) is 6.92 Å². The normalized spacial score (nSPS) is 28.3. The first-order valence-corrected chi connectivity index (χ1v) is 9.88. The Balaban J connectivity index is 1.77. The fraction of sp³-hybridized carbons (Fsp3) is 0.500. The molecule has 6 nitrogen and oxygen atoms in total. The molecule has 1 aliphatic rings. The monoisotopic (exact) mass is 394 g/mol. The fourth-order valence-corrected chi connectivity index (χ4v) is 4.13. The average Bonchev–Trinajstić information content (AvgIpc) is 3.01. The van der Waals surface area contributed by atoms with Crippen LogP contribution in [0.2, 0.25) is 0 Å². The Kier molecular flexibility index (Phi) is 6.52. The molecule has 4 N–H and O–H groups in total. The number of aliphatic hydroxyl groups is 4. The highest BCUT2D eigenvalue weighted by Crippen LogP contribution is 2.34. The zero-order valence-electron chi connectivity index (χ0n) is 15.4. The van der Waals surface area contributed by atoms with Crippen LogP contribution in [0.15, 0.2) is 30.3 Å². The quantitative estimate of drug-likeness (QED) is 0.591. The summed E-state index contributed by atoms with van der Waals surface area (Å²) in [4.78, 5) is 2.03. The van der Waals surface area contributed by atoms with Crippen molar-refractivity contribution in [2.24, 2.45) is 0 Å². The van der Waals surface area contributed by atoms with E-state index in [0.29, 0.717) is 12.2 Å². The van der Waals surface area contributed by atoms with Gasteiger partial charge in [-0.3, -0.25) is 0 Å². The zero-order chi connectivity index (χ0) is 19.6. The smallest absolute Gasteiger partial charge is 0.229 e. The number of ether oxygens (including phenoxy) is 2. The molecule has 3 rings (SSSR count). The molecular weight excluding hydrogens is 368 g/mol. The summed E-state index contributed by atoms with van der Waals surface area (Å²) in [6, 6.07) is 10.3. The predicted octanol–water partition coefficient (Wildman–Crippen LogP) is 1.39. The molecule has 1 aromatic carbocycles. The number of aliphatic hydroxyl groups excluding tert-OH is 4. The van der Waals surface area contributed by atoms with E-state index in [2.05, 4.69) is 31.2 Å².